The Bertz CT molecular complexity index is 963. The Kier molecular flexibility index (Phi) is 4.54. The quantitative estimate of drug-likeness (QED) is 0.543. The lowest BCUT2D eigenvalue weighted by Crippen LogP contribution is -2.22. The van der Waals surface area contributed by atoms with Crippen LogP contribution in [-0.4, -0.2) is 26.6 Å². The number of anilines is 1. The number of para-hydroxylation sites is 1. The summed E-state index contributed by atoms with van der Waals surface area (Å²) in [5.74, 6) is 0.0157. The number of rotatable bonds is 4. The number of thiazole rings is 1. The van der Waals surface area contributed by atoms with Crippen molar-refractivity contribution in [2.45, 2.75) is 30.8 Å². The number of aryl methyl sites for hydroxylation is 1. The summed E-state index contributed by atoms with van der Waals surface area (Å²) in [4.78, 5) is 35.9. The summed E-state index contributed by atoms with van der Waals surface area (Å²) < 4.78 is 1.03. The van der Waals surface area contributed by atoms with Crippen molar-refractivity contribution in [3.05, 3.63) is 45.9 Å². The van der Waals surface area contributed by atoms with Crippen LogP contribution in [0, 0.1) is 0 Å². The summed E-state index contributed by atoms with van der Waals surface area (Å²) in [6.07, 6.45) is 3.73. The average Bonchev–Trinajstić information content (AvgIpc) is 3.02. The first kappa shape index (κ1) is 16.3. The van der Waals surface area contributed by atoms with Crippen molar-refractivity contribution >= 4 is 44.4 Å². The molecule has 0 unspecified atom stereocenters. The third-order valence-corrected chi connectivity index (χ3v) is 5.88. The zero-order valence-electron chi connectivity index (χ0n) is 13.4. The molecule has 1 amide bonds. The Balaban J connectivity index is 1.41. The number of aromatic amines is 1. The van der Waals surface area contributed by atoms with Gasteiger partial charge < -0.3 is 10.3 Å². The van der Waals surface area contributed by atoms with Crippen molar-refractivity contribution in [3.63, 3.8) is 0 Å². The van der Waals surface area contributed by atoms with E-state index in [1.165, 1.54) is 23.1 Å². The predicted octanol–water partition coefficient (Wildman–Crippen LogP) is 2.99. The Hall–Kier alpha value is -2.19. The molecule has 4 rings (SSSR count). The van der Waals surface area contributed by atoms with Crippen molar-refractivity contribution in [1.29, 1.82) is 0 Å². The molecule has 6 nitrogen and oxygen atoms in total. The molecule has 128 valence electrons. The van der Waals surface area contributed by atoms with Crippen molar-refractivity contribution in [2.24, 2.45) is 0 Å². The number of hydrogen-bond donors (Lipinski definition) is 2. The van der Waals surface area contributed by atoms with Crippen LogP contribution >= 0.6 is 23.1 Å². The molecular weight excluding hydrogens is 356 g/mol. The molecule has 1 aromatic carbocycles. The second kappa shape index (κ2) is 6.97. The number of benzene rings is 1. The molecule has 0 saturated heterocycles. The maximum atomic E-state index is 12.2. The van der Waals surface area contributed by atoms with Crippen molar-refractivity contribution in [2.75, 3.05) is 11.1 Å². The molecular formula is C17H16N4O2S2. The average molecular weight is 372 g/mol. The molecule has 2 N–H and O–H groups in total. The monoisotopic (exact) mass is 372 g/mol. The largest absolute Gasteiger partial charge is 0.301 e. The van der Waals surface area contributed by atoms with E-state index in [4.69, 9.17) is 0 Å². The SMILES string of the molecule is O=C(CSc1nc2c(c(=O)[nH]1)CCCC2)Nc1nc2ccccc2s1. The zero-order chi connectivity index (χ0) is 17.2. The van der Waals surface area contributed by atoms with Crippen LogP contribution in [0.25, 0.3) is 10.2 Å². The van der Waals surface area contributed by atoms with Gasteiger partial charge in [-0.3, -0.25) is 9.59 Å². The molecule has 3 aromatic rings. The minimum absolute atomic E-state index is 0.0706. The van der Waals surface area contributed by atoms with Crippen molar-refractivity contribution in [3.8, 4) is 0 Å². The molecule has 8 heteroatoms. The lowest BCUT2D eigenvalue weighted by atomic mass is 9.97. The normalized spacial score (nSPS) is 13.6. The lowest BCUT2D eigenvalue weighted by molar-refractivity contribution is -0.113. The van der Waals surface area contributed by atoms with Gasteiger partial charge in [-0.25, -0.2) is 9.97 Å². The van der Waals surface area contributed by atoms with Gasteiger partial charge in [0, 0.05) is 5.56 Å². The number of carbonyl (C=O) groups excluding carboxylic acids is 1. The van der Waals surface area contributed by atoms with Crippen LogP contribution in [0.15, 0.2) is 34.2 Å². The number of aromatic nitrogens is 3. The van der Waals surface area contributed by atoms with Crippen LogP contribution in [0.1, 0.15) is 24.1 Å². The van der Waals surface area contributed by atoms with Gasteiger partial charge in [0.1, 0.15) is 0 Å². The Morgan fingerprint density at radius 2 is 2.08 bits per heavy atom. The fraction of sp³-hybridized carbons (Fsp3) is 0.294. The number of carbonyl (C=O) groups is 1. The maximum Gasteiger partial charge on any atom is 0.254 e. The van der Waals surface area contributed by atoms with Crippen LogP contribution in [0.5, 0.6) is 0 Å². The molecule has 1 aliphatic carbocycles. The van der Waals surface area contributed by atoms with E-state index in [9.17, 15) is 9.59 Å². The van der Waals surface area contributed by atoms with Crippen LogP contribution in [0.2, 0.25) is 0 Å². The predicted molar refractivity (Wildman–Crippen MR) is 100 cm³/mol. The second-order valence-electron chi connectivity index (χ2n) is 5.83. The van der Waals surface area contributed by atoms with Gasteiger partial charge in [0.25, 0.3) is 5.56 Å². The van der Waals surface area contributed by atoms with E-state index >= 15 is 0 Å². The van der Waals surface area contributed by atoms with E-state index in [-0.39, 0.29) is 17.2 Å². The highest BCUT2D eigenvalue weighted by molar-refractivity contribution is 7.99. The molecule has 1 aliphatic rings. The maximum absolute atomic E-state index is 12.2. The van der Waals surface area contributed by atoms with Crippen molar-refractivity contribution < 1.29 is 4.79 Å². The summed E-state index contributed by atoms with van der Waals surface area (Å²) >= 11 is 2.68. The van der Waals surface area contributed by atoms with Gasteiger partial charge in [-0.05, 0) is 37.8 Å². The summed E-state index contributed by atoms with van der Waals surface area (Å²) in [6.45, 7) is 0. The van der Waals surface area contributed by atoms with E-state index in [1.807, 2.05) is 24.3 Å². The number of nitrogens with zero attached hydrogens (tertiary/aromatic N) is 2. The molecule has 2 aromatic heterocycles. The van der Waals surface area contributed by atoms with Gasteiger partial charge in [0.15, 0.2) is 10.3 Å². The number of amides is 1. The molecule has 0 fully saturated rings. The molecule has 2 heterocycles. The summed E-state index contributed by atoms with van der Waals surface area (Å²) in [7, 11) is 0. The van der Waals surface area contributed by atoms with E-state index in [0.717, 1.165) is 47.2 Å². The third kappa shape index (κ3) is 3.59. The van der Waals surface area contributed by atoms with E-state index in [2.05, 4.69) is 20.3 Å². The minimum Gasteiger partial charge on any atom is -0.301 e. The second-order valence-corrected chi connectivity index (χ2v) is 7.82. The summed E-state index contributed by atoms with van der Waals surface area (Å²) in [5, 5.41) is 3.89. The van der Waals surface area contributed by atoms with Gasteiger partial charge >= 0.3 is 0 Å². The van der Waals surface area contributed by atoms with Gasteiger partial charge in [0.2, 0.25) is 5.91 Å². The van der Waals surface area contributed by atoms with Crippen molar-refractivity contribution in [1.82, 2.24) is 15.0 Å². The van der Waals surface area contributed by atoms with Crippen LogP contribution < -0.4 is 10.9 Å². The first-order valence-electron chi connectivity index (χ1n) is 8.09. The minimum atomic E-state index is -0.163. The van der Waals surface area contributed by atoms with Crippen LogP contribution in [0.4, 0.5) is 5.13 Å². The molecule has 0 aliphatic heterocycles. The summed E-state index contributed by atoms with van der Waals surface area (Å²) in [5.41, 5.74) is 2.48. The van der Waals surface area contributed by atoms with E-state index in [0.29, 0.717) is 10.3 Å². The number of nitrogens with one attached hydrogen (secondary N) is 2. The van der Waals surface area contributed by atoms with Gasteiger partial charge in [-0.15, -0.1) is 0 Å². The Labute approximate surface area is 152 Å². The fourth-order valence-electron chi connectivity index (χ4n) is 2.86. The summed E-state index contributed by atoms with van der Waals surface area (Å²) in [6, 6.07) is 7.75. The highest BCUT2D eigenvalue weighted by Gasteiger charge is 2.16. The topological polar surface area (TPSA) is 87.7 Å². The van der Waals surface area contributed by atoms with E-state index in [1.54, 1.807) is 0 Å². The molecule has 0 atom stereocenters. The number of H-pyrrole nitrogens is 1. The number of fused-ring (bicyclic) bond motifs is 2. The van der Waals surface area contributed by atoms with E-state index < -0.39 is 0 Å². The van der Waals surface area contributed by atoms with Crippen LogP contribution in [-0.2, 0) is 17.6 Å². The van der Waals surface area contributed by atoms with Gasteiger partial charge in [-0.2, -0.15) is 0 Å². The highest BCUT2D eigenvalue weighted by Crippen LogP contribution is 2.25. The molecule has 0 saturated carbocycles. The van der Waals surface area contributed by atoms with Crippen LogP contribution in [0.3, 0.4) is 0 Å². The third-order valence-electron chi connectivity index (χ3n) is 4.05. The molecule has 25 heavy (non-hydrogen) atoms. The molecule has 0 bridgehead atoms. The lowest BCUT2D eigenvalue weighted by Gasteiger charge is -2.14. The number of hydrogen-bond acceptors (Lipinski definition) is 6. The standard InChI is InChI=1S/C17H16N4O2S2/c22-14(20-17-19-12-7-3-4-8-13(12)25-17)9-24-16-18-11-6-2-1-5-10(11)15(23)21-16/h3-4,7-8H,1-2,5-6,9H2,(H,18,21,23)(H,19,20,22). The Morgan fingerprint density at radius 1 is 1.24 bits per heavy atom. The first-order chi connectivity index (χ1) is 12.2. The smallest absolute Gasteiger partial charge is 0.254 e. The van der Waals surface area contributed by atoms with Gasteiger partial charge in [0.05, 0.1) is 21.7 Å². The molecule has 0 spiro atoms. The molecule has 0 radical (unpaired) electrons. The zero-order valence-corrected chi connectivity index (χ0v) is 15.0. The highest BCUT2D eigenvalue weighted by atomic mass is 32.2. The van der Waals surface area contributed by atoms with Gasteiger partial charge in [-0.1, -0.05) is 35.2 Å². The fourth-order valence-corrected chi connectivity index (χ4v) is 4.43. The first-order valence-corrected chi connectivity index (χ1v) is 9.89. The Morgan fingerprint density at radius 3 is 2.96 bits per heavy atom. The number of thioether (sulfide) groups is 1.